The van der Waals surface area contributed by atoms with Crippen LogP contribution in [0.15, 0.2) is 5.11 Å². The van der Waals surface area contributed by atoms with Crippen molar-refractivity contribution in [3.05, 3.63) is 10.4 Å². The Balaban J connectivity index is 2.55. The minimum absolute atomic E-state index is 0.00554. The van der Waals surface area contributed by atoms with Crippen LogP contribution in [0.4, 0.5) is 0 Å². The van der Waals surface area contributed by atoms with Gasteiger partial charge in [0.05, 0.1) is 6.42 Å². The van der Waals surface area contributed by atoms with Crippen molar-refractivity contribution in [1.29, 1.82) is 0 Å². The number of hydrogen-bond acceptors (Lipinski definition) is 9. The maximum atomic E-state index is 12.3. The first kappa shape index (κ1) is 30.9. The van der Waals surface area contributed by atoms with Gasteiger partial charge in [-0.05, 0) is 24.8 Å². The molecule has 1 atom stereocenters. The second-order valence-corrected chi connectivity index (χ2v) is 9.24. The number of hydroxylamine groups is 2. The Morgan fingerprint density at radius 3 is 2.44 bits per heavy atom. The van der Waals surface area contributed by atoms with E-state index in [4.69, 9.17) is 10.4 Å². The van der Waals surface area contributed by atoms with Gasteiger partial charge < -0.3 is 15.5 Å². The molecular formula is C22H34N6O7S. The van der Waals surface area contributed by atoms with Gasteiger partial charge in [-0.1, -0.05) is 36.6 Å². The summed E-state index contributed by atoms with van der Waals surface area (Å²) >= 11 is 0.877. The molecular weight excluding hydrogens is 492 g/mol. The lowest BCUT2D eigenvalue weighted by Crippen LogP contribution is -2.40. The quantitative estimate of drug-likeness (QED) is 0.0894. The van der Waals surface area contributed by atoms with Crippen LogP contribution < -0.4 is 10.6 Å². The molecule has 1 aliphatic heterocycles. The molecule has 0 aromatic heterocycles. The van der Waals surface area contributed by atoms with E-state index in [1.165, 1.54) is 0 Å². The van der Waals surface area contributed by atoms with E-state index in [1.54, 1.807) is 0 Å². The predicted molar refractivity (Wildman–Crippen MR) is 131 cm³/mol. The number of unbranched alkanes of at least 4 members (excludes halogenated alkanes) is 3. The fraction of sp³-hybridized carbons (Fsp3) is 0.727. The first-order chi connectivity index (χ1) is 17.3. The van der Waals surface area contributed by atoms with E-state index in [0.29, 0.717) is 24.4 Å². The fourth-order valence-corrected chi connectivity index (χ4v) is 3.97. The van der Waals surface area contributed by atoms with Crippen LogP contribution in [0.2, 0.25) is 0 Å². The van der Waals surface area contributed by atoms with Crippen LogP contribution in [-0.2, 0) is 33.6 Å². The van der Waals surface area contributed by atoms with Crippen LogP contribution >= 0.6 is 11.8 Å². The third-order valence-electron chi connectivity index (χ3n) is 5.06. The molecule has 200 valence electrons. The highest BCUT2D eigenvalue weighted by Crippen LogP contribution is 2.15. The monoisotopic (exact) mass is 526 g/mol. The van der Waals surface area contributed by atoms with Gasteiger partial charge in [0, 0.05) is 61.9 Å². The second kappa shape index (κ2) is 18.2. The third kappa shape index (κ3) is 13.7. The number of amides is 4. The number of carbonyl (C=O) groups is 6. The predicted octanol–water partition coefficient (Wildman–Crippen LogP) is 2.30. The second-order valence-electron chi connectivity index (χ2n) is 8.17. The first-order valence-corrected chi connectivity index (χ1v) is 13.0. The zero-order valence-electron chi connectivity index (χ0n) is 20.5. The lowest BCUT2D eigenvalue weighted by molar-refractivity contribution is -0.197. The summed E-state index contributed by atoms with van der Waals surface area (Å²) < 4.78 is 0. The van der Waals surface area contributed by atoms with Gasteiger partial charge in [-0.2, -0.15) is 0 Å². The van der Waals surface area contributed by atoms with E-state index >= 15 is 0 Å². The van der Waals surface area contributed by atoms with Crippen molar-refractivity contribution in [3.8, 4) is 0 Å². The van der Waals surface area contributed by atoms with Crippen molar-refractivity contribution in [2.45, 2.75) is 83.6 Å². The molecule has 2 N–H and O–H groups in total. The molecule has 13 nitrogen and oxygen atoms in total. The normalized spacial score (nSPS) is 13.6. The van der Waals surface area contributed by atoms with Gasteiger partial charge in [-0.15, -0.1) is 5.06 Å². The summed E-state index contributed by atoms with van der Waals surface area (Å²) in [6.07, 6.45) is 3.61. The molecule has 0 radical (unpaired) electrons. The Morgan fingerprint density at radius 1 is 1.06 bits per heavy atom. The van der Waals surface area contributed by atoms with E-state index < -0.39 is 23.8 Å². The number of rotatable bonds is 18. The van der Waals surface area contributed by atoms with Crippen molar-refractivity contribution < 1.29 is 33.6 Å². The largest absolute Gasteiger partial charge is 0.356 e. The van der Waals surface area contributed by atoms with Crippen LogP contribution in [0.25, 0.3) is 10.4 Å². The number of imide groups is 1. The molecule has 0 aliphatic carbocycles. The van der Waals surface area contributed by atoms with Crippen molar-refractivity contribution in [3.63, 3.8) is 0 Å². The number of azide groups is 1. The van der Waals surface area contributed by atoms with Gasteiger partial charge in [0.15, 0.2) is 5.12 Å². The van der Waals surface area contributed by atoms with Crippen molar-refractivity contribution >= 4 is 46.5 Å². The summed E-state index contributed by atoms with van der Waals surface area (Å²) in [5, 5.41) is 8.97. The van der Waals surface area contributed by atoms with Crippen LogP contribution in [0.3, 0.4) is 0 Å². The SMILES string of the molecule is CCCCCNC(=O)CCC(=O)SCC(CC(=O)ON1C(=O)CCC1=O)NC(=O)CCCCN=[N+]=[N-]. The lowest BCUT2D eigenvalue weighted by Gasteiger charge is -2.19. The molecule has 0 saturated carbocycles. The van der Waals surface area contributed by atoms with Gasteiger partial charge in [-0.25, -0.2) is 4.79 Å². The fourth-order valence-electron chi connectivity index (χ4n) is 3.13. The molecule has 4 amide bonds. The first-order valence-electron chi connectivity index (χ1n) is 12.1. The number of nitrogens with one attached hydrogen (secondary N) is 2. The minimum atomic E-state index is -0.897. The van der Waals surface area contributed by atoms with Gasteiger partial charge in [0.2, 0.25) is 11.8 Å². The minimum Gasteiger partial charge on any atom is -0.356 e. The molecule has 1 unspecified atom stereocenters. The van der Waals surface area contributed by atoms with E-state index in [0.717, 1.165) is 31.0 Å². The van der Waals surface area contributed by atoms with E-state index in [1.807, 2.05) is 0 Å². The highest BCUT2D eigenvalue weighted by molar-refractivity contribution is 8.13. The Kier molecular flexibility index (Phi) is 15.6. The van der Waals surface area contributed by atoms with Gasteiger partial charge in [0.25, 0.3) is 11.8 Å². The molecule has 1 heterocycles. The Labute approximate surface area is 214 Å². The van der Waals surface area contributed by atoms with Crippen LogP contribution in [0, 0.1) is 0 Å². The molecule has 0 aromatic rings. The lowest BCUT2D eigenvalue weighted by atomic mass is 10.2. The van der Waals surface area contributed by atoms with Crippen LogP contribution in [0.1, 0.15) is 77.6 Å². The molecule has 1 saturated heterocycles. The van der Waals surface area contributed by atoms with Crippen LogP contribution in [-0.4, -0.2) is 64.7 Å². The topological polar surface area (TPSA) is 188 Å². The molecule has 1 fully saturated rings. The average Bonchev–Trinajstić information content (AvgIpc) is 3.15. The molecule has 36 heavy (non-hydrogen) atoms. The van der Waals surface area contributed by atoms with E-state index in [2.05, 4.69) is 27.6 Å². The number of carbonyl (C=O) groups excluding carboxylic acids is 6. The Hall–Kier alpha value is -3.12. The van der Waals surface area contributed by atoms with E-state index in [9.17, 15) is 28.8 Å². The summed E-state index contributed by atoms with van der Waals surface area (Å²) in [5.41, 5.74) is 8.28. The summed E-state index contributed by atoms with van der Waals surface area (Å²) in [5.74, 6) is -2.68. The summed E-state index contributed by atoms with van der Waals surface area (Å²) in [7, 11) is 0. The summed E-state index contributed by atoms with van der Waals surface area (Å²) in [6, 6.07) is -0.799. The number of nitrogens with zero attached hydrogens (tertiary/aromatic N) is 4. The molecule has 0 spiro atoms. The Morgan fingerprint density at radius 2 is 1.78 bits per heavy atom. The molecule has 0 aromatic carbocycles. The highest BCUT2D eigenvalue weighted by Gasteiger charge is 2.33. The molecule has 1 rings (SSSR count). The zero-order valence-corrected chi connectivity index (χ0v) is 21.3. The zero-order chi connectivity index (χ0) is 26.8. The van der Waals surface area contributed by atoms with Gasteiger partial charge in [0.1, 0.15) is 0 Å². The summed E-state index contributed by atoms with van der Waals surface area (Å²) in [6.45, 7) is 2.88. The smallest absolute Gasteiger partial charge is 0.335 e. The summed E-state index contributed by atoms with van der Waals surface area (Å²) in [4.78, 5) is 79.5. The number of hydrogen-bond donors (Lipinski definition) is 2. The third-order valence-corrected chi connectivity index (χ3v) is 6.15. The average molecular weight is 527 g/mol. The van der Waals surface area contributed by atoms with Gasteiger partial charge >= 0.3 is 5.97 Å². The molecule has 14 heteroatoms. The van der Waals surface area contributed by atoms with Crippen LogP contribution in [0.5, 0.6) is 0 Å². The van der Waals surface area contributed by atoms with E-state index in [-0.39, 0.29) is 67.8 Å². The maximum Gasteiger partial charge on any atom is 0.335 e. The standard InChI is InChI=1S/C22H34N6O7S/c1-2-3-5-12-24-17(29)8-11-22(34)36-15-16(26-18(30)7-4-6-13-25-27-23)14-21(33)35-28-19(31)9-10-20(28)32/h16H,2-15H2,1H3,(H,24,29)(H,26,30). The molecule has 1 aliphatic rings. The van der Waals surface area contributed by atoms with Gasteiger partial charge in [-0.3, -0.25) is 24.0 Å². The van der Waals surface area contributed by atoms with Crippen molar-refractivity contribution in [1.82, 2.24) is 15.7 Å². The highest BCUT2D eigenvalue weighted by atomic mass is 32.2. The van der Waals surface area contributed by atoms with Crippen molar-refractivity contribution in [2.24, 2.45) is 5.11 Å². The van der Waals surface area contributed by atoms with Crippen molar-refractivity contribution in [2.75, 3.05) is 18.8 Å². The maximum absolute atomic E-state index is 12.3. The Bertz CT molecular complexity index is 831. The number of thioether (sulfide) groups is 1. The molecule has 0 bridgehead atoms.